The number of aromatic nitrogens is 3. The average molecular weight is 303 g/mol. The molecule has 3 heterocycles. The third-order valence-electron chi connectivity index (χ3n) is 2.93. The normalized spacial score (nSPS) is 10.8. The summed E-state index contributed by atoms with van der Waals surface area (Å²) in [6.45, 7) is 0. The van der Waals surface area contributed by atoms with E-state index in [2.05, 4.69) is 9.97 Å². The summed E-state index contributed by atoms with van der Waals surface area (Å²) in [5.74, 6) is 0. The SMILES string of the molecule is NC(=S)Cc1c(-c2ccccn2)nc2ccc(Cl)cn12. The Morgan fingerprint density at radius 3 is 2.85 bits per heavy atom. The fourth-order valence-electron chi connectivity index (χ4n) is 2.11. The molecule has 0 aliphatic carbocycles. The molecule has 0 fully saturated rings. The maximum Gasteiger partial charge on any atom is 0.137 e. The zero-order valence-corrected chi connectivity index (χ0v) is 12.0. The van der Waals surface area contributed by atoms with Gasteiger partial charge in [-0.15, -0.1) is 0 Å². The molecule has 0 atom stereocenters. The van der Waals surface area contributed by atoms with Crippen molar-refractivity contribution in [3.8, 4) is 11.4 Å². The highest BCUT2D eigenvalue weighted by molar-refractivity contribution is 7.80. The lowest BCUT2D eigenvalue weighted by Crippen LogP contribution is -2.13. The molecular formula is C14H11ClN4S. The molecule has 0 radical (unpaired) electrons. The molecule has 0 bridgehead atoms. The second-order valence-electron chi connectivity index (χ2n) is 4.34. The summed E-state index contributed by atoms with van der Waals surface area (Å²) in [6, 6.07) is 9.36. The number of imidazole rings is 1. The Morgan fingerprint density at radius 1 is 1.30 bits per heavy atom. The van der Waals surface area contributed by atoms with Crippen LogP contribution in [0.1, 0.15) is 5.69 Å². The molecule has 3 aromatic rings. The van der Waals surface area contributed by atoms with E-state index in [-0.39, 0.29) is 0 Å². The van der Waals surface area contributed by atoms with E-state index in [0.29, 0.717) is 16.4 Å². The molecular weight excluding hydrogens is 292 g/mol. The van der Waals surface area contributed by atoms with Crippen LogP contribution >= 0.6 is 23.8 Å². The minimum absolute atomic E-state index is 0.406. The van der Waals surface area contributed by atoms with Crippen molar-refractivity contribution in [2.24, 2.45) is 5.73 Å². The van der Waals surface area contributed by atoms with Crippen LogP contribution < -0.4 is 5.73 Å². The zero-order chi connectivity index (χ0) is 14.1. The summed E-state index contributed by atoms with van der Waals surface area (Å²) in [5.41, 5.74) is 8.96. The highest BCUT2D eigenvalue weighted by Crippen LogP contribution is 2.24. The monoisotopic (exact) mass is 302 g/mol. The van der Waals surface area contributed by atoms with Crippen molar-refractivity contribution >= 4 is 34.5 Å². The molecule has 3 rings (SSSR count). The van der Waals surface area contributed by atoms with Gasteiger partial charge in [-0.25, -0.2) is 4.98 Å². The van der Waals surface area contributed by atoms with Crippen molar-refractivity contribution in [1.29, 1.82) is 0 Å². The fourth-order valence-corrected chi connectivity index (χ4v) is 2.41. The van der Waals surface area contributed by atoms with Crippen LogP contribution in [0.4, 0.5) is 0 Å². The molecule has 4 nitrogen and oxygen atoms in total. The molecule has 20 heavy (non-hydrogen) atoms. The Balaban J connectivity index is 2.28. The number of thiocarbonyl (C=S) groups is 1. The van der Waals surface area contributed by atoms with Gasteiger partial charge in [0, 0.05) is 18.8 Å². The maximum atomic E-state index is 6.05. The quantitative estimate of drug-likeness (QED) is 0.756. The first-order chi connectivity index (χ1) is 9.65. The molecule has 0 aromatic carbocycles. The molecule has 100 valence electrons. The molecule has 6 heteroatoms. The van der Waals surface area contributed by atoms with Gasteiger partial charge in [0.15, 0.2) is 0 Å². The summed E-state index contributed by atoms with van der Waals surface area (Å²) in [7, 11) is 0. The van der Waals surface area contributed by atoms with Gasteiger partial charge in [-0.05, 0) is 24.3 Å². The third-order valence-corrected chi connectivity index (χ3v) is 3.30. The molecule has 0 saturated carbocycles. The van der Waals surface area contributed by atoms with Crippen molar-refractivity contribution in [2.45, 2.75) is 6.42 Å². The third kappa shape index (κ3) is 2.37. The summed E-state index contributed by atoms with van der Waals surface area (Å²) >= 11 is 11.1. The Hall–Kier alpha value is -1.98. The summed E-state index contributed by atoms with van der Waals surface area (Å²) < 4.78 is 1.91. The topological polar surface area (TPSA) is 56.2 Å². The van der Waals surface area contributed by atoms with Crippen LogP contribution in [0.25, 0.3) is 17.0 Å². The van der Waals surface area contributed by atoms with Gasteiger partial charge in [-0.3, -0.25) is 4.98 Å². The van der Waals surface area contributed by atoms with E-state index >= 15 is 0 Å². The second-order valence-corrected chi connectivity index (χ2v) is 5.30. The van der Waals surface area contributed by atoms with Crippen molar-refractivity contribution in [3.63, 3.8) is 0 Å². The first-order valence-electron chi connectivity index (χ1n) is 6.01. The van der Waals surface area contributed by atoms with Gasteiger partial charge in [-0.2, -0.15) is 0 Å². The Labute approximate surface area is 126 Å². The van der Waals surface area contributed by atoms with Crippen molar-refractivity contribution in [3.05, 3.63) is 53.4 Å². The lowest BCUT2D eigenvalue weighted by Gasteiger charge is -2.04. The van der Waals surface area contributed by atoms with Gasteiger partial charge in [0.1, 0.15) is 11.3 Å². The standard InChI is InChI=1S/C14H11ClN4S/c15-9-4-5-13-18-14(10-3-1-2-6-17-10)11(7-12(16)20)19(13)8-9/h1-6,8H,7H2,(H2,16,20). The summed E-state index contributed by atoms with van der Waals surface area (Å²) in [6.07, 6.45) is 3.99. The van der Waals surface area contributed by atoms with Crippen LogP contribution in [0.2, 0.25) is 5.02 Å². The van der Waals surface area contributed by atoms with E-state index in [4.69, 9.17) is 29.6 Å². The lowest BCUT2D eigenvalue weighted by molar-refractivity contribution is 1.07. The molecule has 0 aliphatic heterocycles. The van der Waals surface area contributed by atoms with E-state index < -0.39 is 0 Å². The number of rotatable bonds is 3. The zero-order valence-electron chi connectivity index (χ0n) is 10.5. The van der Waals surface area contributed by atoms with Crippen LogP contribution in [0.3, 0.4) is 0 Å². The molecule has 0 amide bonds. The lowest BCUT2D eigenvalue weighted by atomic mass is 10.2. The van der Waals surface area contributed by atoms with E-state index in [9.17, 15) is 0 Å². The number of nitrogens with zero attached hydrogens (tertiary/aromatic N) is 3. The molecule has 3 aromatic heterocycles. The highest BCUT2D eigenvalue weighted by Gasteiger charge is 2.15. The van der Waals surface area contributed by atoms with Crippen molar-refractivity contribution < 1.29 is 0 Å². The summed E-state index contributed by atoms with van der Waals surface area (Å²) in [5, 5.41) is 0.631. The average Bonchev–Trinajstić information content (AvgIpc) is 2.77. The predicted octanol–water partition coefficient (Wildman–Crippen LogP) is 2.88. The molecule has 0 saturated heterocycles. The second kappa shape index (κ2) is 5.19. The van der Waals surface area contributed by atoms with Crippen molar-refractivity contribution in [1.82, 2.24) is 14.4 Å². The highest BCUT2D eigenvalue weighted by atomic mass is 35.5. The largest absolute Gasteiger partial charge is 0.393 e. The van der Waals surface area contributed by atoms with Crippen LogP contribution in [0.15, 0.2) is 42.7 Å². The van der Waals surface area contributed by atoms with Gasteiger partial charge in [0.25, 0.3) is 0 Å². The molecule has 0 spiro atoms. The number of nitrogens with two attached hydrogens (primary N) is 1. The predicted molar refractivity (Wildman–Crippen MR) is 83.9 cm³/mol. The van der Waals surface area contributed by atoms with Crippen molar-refractivity contribution in [2.75, 3.05) is 0 Å². The number of pyridine rings is 2. The van der Waals surface area contributed by atoms with Gasteiger partial charge >= 0.3 is 0 Å². The Kier molecular flexibility index (Phi) is 3.38. The summed E-state index contributed by atoms with van der Waals surface area (Å²) in [4.78, 5) is 9.35. The molecule has 2 N–H and O–H groups in total. The van der Waals surface area contributed by atoms with E-state index in [1.54, 1.807) is 12.3 Å². The van der Waals surface area contributed by atoms with E-state index in [0.717, 1.165) is 22.7 Å². The van der Waals surface area contributed by atoms with Gasteiger partial charge in [0.2, 0.25) is 0 Å². The molecule has 0 unspecified atom stereocenters. The van der Waals surface area contributed by atoms with Crippen LogP contribution in [-0.4, -0.2) is 19.4 Å². The van der Waals surface area contributed by atoms with Crippen LogP contribution in [0.5, 0.6) is 0 Å². The number of hydrogen-bond donors (Lipinski definition) is 1. The van der Waals surface area contributed by atoms with Crippen LogP contribution in [-0.2, 0) is 6.42 Å². The van der Waals surface area contributed by atoms with Crippen LogP contribution in [0, 0.1) is 0 Å². The maximum absolute atomic E-state index is 6.05. The fraction of sp³-hybridized carbons (Fsp3) is 0.0714. The number of halogens is 1. The number of hydrogen-bond acceptors (Lipinski definition) is 3. The smallest absolute Gasteiger partial charge is 0.137 e. The van der Waals surface area contributed by atoms with E-state index in [1.165, 1.54) is 0 Å². The number of fused-ring (bicyclic) bond motifs is 1. The Morgan fingerprint density at radius 2 is 2.15 bits per heavy atom. The van der Waals surface area contributed by atoms with Gasteiger partial charge < -0.3 is 10.1 Å². The minimum atomic E-state index is 0.406. The first kappa shape index (κ1) is 13.0. The minimum Gasteiger partial charge on any atom is -0.393 e. The van der Waals surface area contributed by atoms with Gasteiger partial charge in [-0.1, -0.05) is 29.9 Å². The van der Waals surface area contributed by atoms with Gasteiger partial charge in [0.05, 0.1) is 21.4 Å². The first-order valence-corrected chi connectivity index (χ1v) is 6.80. The Bertz CT molecular complexity index is 782. The molecule has 0 aliphatic rings. The van der Waals surface area contributed by atoms with E-state index in [1.807, 2.05) is 34.9 Å².